The van der Waals surface area contributed by atoms with Gasteiger partial charge in [0, 0.05) is 31.9 Å². The Morgan fingerprint density at radius 2 is 1.95 bits per heavy atom. The van der Waals surface area contributed by atoms with Crippen LogP contribution in [0.15, 0.2) is 41.3 Å². The van der Waals surface area contributed by atoms with Gasteiger partial charge in [0.1, 0.15) is 28.9 Å². The van der Waals surface area contributed by atoms with Gasteiger partial charge in [-0.15, -0.1) is 0 Å². The van der Waals surface area contributed by atoms with Crippen LogP contribution in [0.5, 0.6) is 0 Å². The molecule has 2 aromatic heterocycles. The normalized spacial score (nSPS) is 12.1. The molecule has 220 valence electrons. The molecule has 0 saturated heterocycles. The van der Waals surface area contributed by atoms with Crippen LogP contribution < -0.4 is 16.2 Å². The molecule has 0 radical (unpaired) electrons. The van der Waals surface area contributed by atoms with Crippen LogP contribution in [0.25, 0.3) is 11.0 Å². The highest BCUT2D eigenvalue weighted by molar-refractivity contribution is 5.96. The summed E-state index contributed by atoms with van der Waals surface area (Å²) in [4.78, 5) is 58.3. The van der Waals surface area contributed by atoms with Crippen molar-refractivity contribution in [1.29, 1.82) is 0 Å². The molecule has 1 aromatic carbocycles. The van der Waals surface area contributed by atoms with E-state index in [-0.39, 0.29) is 53.8 Å². The molecule has 0 fully saturated rings. The topological polar surface area (TPSA) is 138 Å². The molecule has 0 aliphatic heterocycles. The maximum atomic E-state index is 14.5. The molecule has 1 atom stereocenters. The average molecular weight is 573 g/mol. The number of hydrogen-bond acceptors (Lipinski definition) is 6. The predicted molar refractivity (Wildman–Crippen MR) is 149 cm³/mol. The van der Waals surface area contributed by atoms with Crippen molar-refractivity contribution in [2.75, 3.05) is 26.5 Å². The highest BCUT2D eigenvalue weighted by atomic mass is 19.1. The van der Waals surface area contributed by atoms with Gasteiger partial charge in [0.05, 0.1) is 19.2 Å². The smallest absolute Gasteiger partial charge is 0.407 e. The number of carbonyl (C=O) groups excluding carboxylic acids is 3. The number of nitrogens with zero attached hydrogens (tertiary/aromatic N) is 3. The largest absolute Gasteiger partial charge is 0.453 e. The molecule has 0 saturated carbocycles. The van der Waals surface area contributed by atoms with Crippen LogP contribution in [0.3, 0.4) is 0 Å². The van der Waals surface area contributed by atoms with Crippen molar-refractivity contribution < 1.29 is 27.9 Å². The van der Waals surface area contributed by atoms with Crippen molar-refractivity contribution in [2.45, 2.75) is 45.7 Å². The van der Waals surface area contributed by atoms with E-state index < -0.39 is 35.2 Å². The summed E-state index contributed by atoms with van der Waals surface area (Å²) in [6.45, 7) is 3.73. The van der Waals surface area contributed by atoms with Crippen molar-refractivity contribution in [3.63, 3.8) is 0 Å². The molecule has 2 heterocycles. The molecule has 3 rings (SSSR count). The number of H-pyrrole nitrogens is 1. The van der Waals surface area contributed by atoms with Gasteiger partial charge in [-0.05, 0) is 43.4 Å². The Labute approximate surface area is 235 Å². The minimum absolute atomic E-state index is 0.0207. The Morgan fingerprint density at radius 1 is 1.22 bits per heavy atom. The second-order valence-corrected chi connectivity index (χ2v) is 10.1. The van der Waals surface area contributed by atoms with E-state index in [1.807, 2.05) is 13.8 Å². The number of aromatic amines is 1. The Bertz CT molecular complexity index is 1510. The molecule has 0 spiro atoms. The molecular weight excluding hydrogens is 538 g/mol. The lowest BCUT2D eigenvalue weighted by atomic mass is 10.0. The molecule has 13 heteroatoms. The van der Waals surface area contributed by atoms with Crippen LogP contribution in [-0.2, 0) is 27.3 Å². The van der Waals surface area contributed by atoms with Crippen LogP contribution in [0.1, 0.15) is 38.1 Å². The predicted octanol–water partition coefficient (Wildman–Crippen LogP) is 3.34. The molecule has 1 unspecified atom stereocenters. The van der Waals surface area contributed by atoms with Gasteiger partial charge in [-0.1, -0.05) is 19.9 Å². The van der Waals surface area contributed by atoms with Crippen molar-refractivity contribution in [3.05, 3.63) is 69.9 Å². The van der Waals surface area contributed by atoms with Crippen molar-refractivity contribution in [3.8, 4) is 0 Å². The van der Waals surface area contributed by atoms with Gasteiger partial charge in [0.15, 0.2) is 5.82 Å². The number of halogens is 2. The van der Waals surface area contributed by atoms with Crippen LogP contribution >= 0.6 is 0 Å². The summed E-state index contributed by atoms with van der Waals surface area (Å²) in [7, 11) is 4.36. The van der Waals surface area contributed by atoms with E-state index in [0.29, 0.717) is 12.0 Å². The zero-order valence-corrected chi connectivity index (χ0v) is 23.6. The fourth-order valence-electron chi connectivity index (χ4n) is 4.09. The fraction of sp³-hybridized carbons (Fsp3) is 0.393. The first-order valence-electron chi connectivity index (χ1n) is 13.0. The lowest BCUT2D eigenvalue weighted by Gasteiger charge is -2.17. The van der Waals surface area contributed by atoms with Gasteiger partial charge in [-0.3, -0.25) is 14.4 Å². The van der Waals surface area contributed by atoms with Gasteiger partial charge in [-0.25, -0.2) is 18.6 Å². The SMILES string of the molecule is COC(=O)NC(CC/C=C/C(=O)N(C)C)C(=O)Nc1cccn(Cc2nc3c(F)cc(F)c(CC(C)C)c3[nH]2)c1=O. The number of methoxy groups -OCH3 is 1. The maximum Gasteiger partial charge on any atom is 0.407 e. The summed E-state index contributed by atoms with van der Waals surface area (Å²) in [6, 6.07) is 2.67. The monoisotopic (exact) mass is 572 g/mol. The molecule has 11 nitrogen and oxygen atoms in total. The molecular formula is C28H34F2N6O5. The second-order valence-electron chi connectivity index (χ2n) is 10.1. The average Bonchev–Trinajstić information content (AvgIpc) is 3.34. The number of fused-ring (bicyclic) bond motifs is 1. The molecule has 0 aliphatic carbocycles. The summed E-state index contributed by atoms with van der Waals surface area (Å²) in [5.41, 5.74) is -0.118. The Morgan fingerprint density at radius 3 is 2.61 bits per heavy atom. The summed E-state index contributed by atoms with van der Waals surface area (Å²) >= 11 is 0. The number of rotatable bonds is 11. The number of nitrogens with one attached hydrogen (secondary N) is 3. The number of imidazole rings is 1. The minimum Gasteiger partial charge on any atom is -0.453 e. The van der Waals surface area contributed by atoms with Crippen molar-refractivity contribution in [1.82, 2.24) is 24.8 Å². The molecule has 3 aromatic rings. The highest BCUT2D eigenvalue weighted by Gasteiger charge is 2.22. The molecule has 0 aliphatic rings. The lowest BCUT2D eigenvalue weighted by Crippen LogP contribution is -2.44. The van der Waals surface area contributed by atoms with E-state index in [2.05, 4.69) is 25.3 Å². The van der Waals surface area contributed by atoms with Gasteiger partial charge >= 0.3 is 6.09 Å². The number of hydrogen-bond donors (Lipinski definition) is 3. The van der Waals surface area contributed by atoms with E-state index >= 15 is 0 Å². The number of benzene rings is 1. The van der Waals surface area contributed by atoms with E-state index in [0.717, 1.165) is 13.2 Å². The summed E-state index contributed by atoms with van der Waals surface area (Å²) in [5, 5.41) is 4.95. The van der Waals surface area contributed by atoms with E-state index in [9.17, 15) is 28.0 Å². The number of allylic oxidation sites excluding steroid dienone is 1. The number of alkyl carbamates (subject to hydrolysis) is 1. The first-order chi connectivity index (χ1) is 19.4. The van der Waals surface area contributed by atoms with E-state index in [1.54, 1.807) is 20.2 Å². The molecule has 3 amide bonds. The van der Waals surface area contributed by atoms with Crippen molar-refractivity contribution in [2.24, 2.45) is 5.92 Å². The zero-order valence-electron chi connectivity index (χ0n) is 23.6. The van der Waals surface area contributed by atoms with Crippen LogP contribution in [0.4, 0.5) is 19.3 Å². The van der Waals surface area contributed by atoms with Crippen LogP contribution in [-0.4, -0.2) is 64.6 Å². The number of pyridine rings is 1. The first kappa shape index (κ1) is 31.0. The number of carbonyl (C=O) groups is 3. The minimum atomic E-state index is -1.07. The lowest BCUT2D eigenvalue weighted by molar-refractivity contribution is -0.123. The third kappa shape index (κ3) is 7.99. The van der Waals surface area contributed by atoms with Gasteiger partial charge < -0.3 is 29.8 Å². The molecule has 41 heavy (non-hydrogen) atoms. The van der Waals surface area contributed by atoms with Crippen molar-refractivity contribution >= 4 is 34.6 Å². The summed E-state index contributed by atoms with van der Waals surface area (Å²) in [5.74, 6) is -2.05. The Hall–Kier alpha value is -4.55. The fourth-order valence-corrected chi connectivity index (χ4v) is 4.09. The zero-order chi connectivity index (χ0) is 30.3. The number of likely N-dealkylation sites (N-methyl/N-ethyl adjacent to an activating group) is 1. The highest BCUT2D eigenvalue weighted by Crippen LogP contribution is 2.25. The number of ether oxygens (including phenoxy) is 1. The maximum absolute atomic E-state index is 14.5. The van der Waals surface area contributed by atoms with Crippen LogP contribution in [0.2, 0.25) is 0 Å². The molecule has 0 bridgehead atoms. The quantitative estimate of drug-likeness (QED) is 0.301. The van der Waals surface area contributed by atoms with Gasteiger partial charge in [0.2, 0.25) is 11.8 Å². The second kappa shape index (κ2) is 13.7. The summed E-state index contributed by atoms with van der Waals surface area (Å²) < 4.78 is 34.8. The van der Waals surface area contributed by atoms with Crippen LogP contribution in [0, 0.1) is 17.6 Å². The van der Waals surface area contributed by atoms with E-state index in [4.69, 9.17) is 0 Å². The summed E-state index contributed by atoms with van der Waals surface area (Å²) in [6.07, 6.45) is 4.33. The third-order valence-corrected chi connectivity index (χ3v) is 6.15. The standard InChI is InChI=1S/C28H34F2N6O5/c1-16(2)13-17-18(29)14-19(30)25-24(17)33-22(34-25)15-36-12-8-10-21(27(36)39)31-26(38)20(32-28(40)41-5)9-6-7-11-23(37)35(3)4/h7-8,10-12,14,16,20H,6,9,13,15H2,1-5H3,(H,31,38)(H,32,40)(H,33,34)/b11-7+. The van der Waals surface area contributed by atoms with Gasteiger partial charge in [-0.2, -0.15) is 0 Å². The third-order valence-electron chi connectivity index (χ3n) is 6.15. The van der Waals surface area contributed by atoms with Gasteiger partial charge in [0.25, 0.3) is 5.56 Å². The number of amides is 3. The Kier molecular flexibility index (Phi) is 10.3. The Balaban J connectivity index is 1.81. The number of aromatic nitrogens is 3. The van der Waals surface area contributed by atoms with E-state index in [1.165, 1.54) is 33.9 Å². The first-order valence-corrected chi connectivity index (χ1v) is 13.0. The number of anilines is 1. The molecule has 3 N–H and O–H groups in total.